The Morgan fingerprint density at radius 3 is 3.07 bits per heavy atom. The first-order valence-electron chi connectivity index (χ1n) is 4.61. The molecule has 0 aromatic carbocycles. The summed E-state index contributed by atoms with van der Waals surface area (Å²) in [5, 5.41) is 15.1. The van der Waals surface area contributed by atoms with Crippen molar-refractivity contribution in [2.24, 2.45) is 0 Å². The van der Waals surface area contributed by atoms with Crippen LogP contribution in [0.25, 0.3) is 5.57 Å². The van der Waals surface area contributed by atoms with E-state index in [1.54, 1.807) is 0 Å². The Morgan fingerprint density at radius 1 is 1.71 bits per heavy atom. The highest BCUT2D eigenvalue weighted by atomic mass is 32.1. The van der Waals surface area contributed by atoms with E-state index >= 15 is 0 Å². The van der Waals surface area contributed by atoms with E-state index in [9.17, 15) is 0 Å². The van der Waals surface area contributed by atoms with Crippen LogP contribution in [0, 0.1) is 18.3 Å². The number of hydrogen-bond donors (Lipinski definition) is 1. The highest BCUT2D eigenvalue weighted by molar-refractivity contribution is 7.10. The molecule has 1 aliphatic rings. The molecule has 14 heavy (non-hydrogen) atoms. The lowest BCUT2D eigenvalue weighted by molar-refractivity contribution is 0.904. The van der Waals surface area contributed by atoms with Crippen molar-refractivity contribution in [2.45, 2.75) is 19.8 Å². The Labute approximate surface area is 87.1 Å². The van der Waals surface area contributed by atoms with Gasteiger partial charge in [0.15, 0.2) is 0 Å². The smallest absolute Gasteiger partial charge is 0.135 e. The molecule has 0 radical (unpaired) electrons. The lowest BCUT2D eigenvalue weighted by atomic mass is 10.2. The first kappa shape index (κ1) is 9.22. The first-order valence-corrected chi connectivity index (χ1v) is 5.49. The average molecular weight is 205 g/mol. The van der Waals surface area contributed by atoms with Gasteiger partial charge in [-0.25, -0.2) is 4.98 Å². The Hall–Kier alpha value is -1.34. The van der Waals surface area contributed by atoms with Crippen molar-refractivity contribution in [1.82, 2.24) is 10.3 Å². The van der Waals surface area contributed by atoms with Gasteiger partial charge in [0.25, 0.3) is 0 Å². The minimum atomic E-state index is 0.723. The van der Waals surface area contributed by atoms with Crippen molar-refractivity contribution in [3.63, 3.8) is 0 Å². The predicted molar refractivity (Wildman–Crippen MR) is 56.6 cm³/mol. The number of allylic oxidation sites excluding steroid dienone is 2. The second-order valence-electron chi connectivity index (χ2n) is 3.29. The molecule has 1 saturated heterocycles. The van der Waals surface area contributed by atoms with Gasteiger partial charge in [0.1, 0.15) is 16.6 Å². The normalized spacial score (nSPS) is 18.9. The van der Waals surface area contributed by atoms with Crippen molar-refractivity contribution < 1.29 is 0 Å². The van der Waals surface area contributed by atoms with Crippen LogP contribution < -0.4 is 5.32 Å². The maximum atomic E-state index is 9.07. The molecular formula is C10H11N3S. The Balaban J connectivity index is 2.39. The molecule has 1 aliphatic heterocycles. The molecule has 2 rings (SSSR count). The zero-order valence-corrected chi connectivity index (χ0v) is 8.82. The number of aromatic nitrogens is 1. The third-order valence-corrected chi connectivity index (χ3v) is 3.17. The quantitative estimate of drug-likeness (QED) is 0.714. The largest absolute Gasteiger partial charge is 0.387 e. The molecule has 0 aliphatic carbocycles. The maximum absolute atomic E-state index is 9.07. The van der Waals surface area contributed by atoms with Crippen LogP contribution in [0.2, 0.25) is 0 Å². The standard InChI is InChI=1S/C10H11N3S/c1-7-6-14-10(13-7)8(5-11)9-3-2-4-12-9/h6,12H,2-4H2,1H3/b9-8-. The van der Waals surface area contributed by atoms with Gasteiger partial charge in [-0.15, -0.1) is 11.3 Å². The molecule has 0 unspecified atom stereocenters. The van der Waals surface area contributed by atoms with Crippen LogP contribution in [-0.2, 0) is 0 Å². The molecule has 0 amide bonds. The van der Waals surface area contributed by atoms with E-state index in [4.69, 9.17) is 5.26 Å². The highest BCUT2D eigenvalue weighted by Gasteiger charge is 2.15. The summed E-state index contributed by atoms with van der Waals surface area (Å²) < 4.78 is 0. The van der Waals surface area contributed by atoms with Crippen molar-refractivity contribution in [2.75, 3.05) is 6.54 Å². The Morgan fingerprint density at radius 2 is 2.57 bits per heavy atom. The molecule has 3 nitrogen and oxygen atoms in total. The van der Waals surface area contributed by atoms with E-state index in [-0.39, 0.29) is 0 Å². The Bertz CT molecular complexity index is 403. The van der Waals surface area contributed by atoms with E-state index in [1.807, 2.05) is 12.3 Å². The lowest BCUT2D eigenvalue weighted by Gasteiger charge is -2.00. The van der Waals surface area contributed by atoms with Gasteiger partial charge in [-0.3, -0.25) is 0 Å². The van der Waals surface area contributed by atoms with Crippen molar-refractivity contribution in [3.05, 3.63) is 21.8 Å². The highest BCUT2D eigenvalue weighted by Crippen LogP contribution is 2.24. The number of hydrogen-bond acceptors (Lipinski definition) is 4. The molecule has 1 aromatic rings. The lowest BCUT2D eigenvalue weighted by Crippen LogP contribution is -2.05. The van der Waals surface area contributed by atoms with E-state index in [0.717, 1.165) is 41.4 Å². The second-order valence-corrected chi connectivity index (χ2v) is 4.15. The summed E-state index contributed by atoms with van der Waals surface area (Å²) >= 11 is 1.54. The number of nitrogens with zero attached hydrogens (tertiary/aromatic N) is 2. The summed E-state index contributed by atoms with van der Waals surface area (Å²) in [6.07, 6.45) is 2.09. The van der Waals surface area contributed by atoms with Crippen LogP contribution in [0.15, 0.2) is 11.1 Å². The molecule has 0 atom stereocenters. The summed E-state index contributed by atoms with van der Waals surface area (Å²) in [6, 6.07) is 2.24. The molecule has 72 valence electrons. The van der Waals surface area contributed by atoms with Crippen molar-refractivity contribution >= 4 is 16.9 Å². The zero-order chi connectivity index (χ0) is 9.97. The van der Waals surface area contributed by atoms with Crippen LogP contribution in [0.5, 0.6) is 0 Å². The Kier molecular flexibility index (Phi) is 2.51. The fourth-order valence-electron chi connectivity index (χ4n) is 1.52. The van der Waals surface area contributed by atoms with Gasteiger partial charge in [0.2, 0.25) is 0 Å². The van der Waals surface area contributed by atoms with Crippen LogP contribution in [0.1, 0.15) is 23.5 Å². The first-order chi connectivity index (χ1) is 6.81. The molecule has 1 aromatic heterocycles. The molecule has 4 heteroatoms. The minimum absolute atomic E-state index is 0.723. The third-order valence-electron chi connectivity index (χ3n) is 2.19. The van der Waals surface area contributed by atoms with Gasteiger partial charge >= 0.3 is 0 Å². The molecule has 0 spiro atoms. The summed E-state index contributed by atoms with van der Waals surface area (Å²) in [6.45, 7) is 2.92. The summed E-state index contributed by atoms with van der Waals surface area (Å²) in [5.41, 5.74) is 2.76. The fraction of sp³-hybridized carbons (Fsp3) is 0.400. The predicted octanol–water partition coefficient (Wildman–Crippen LogP) is 2.07. The number of thiazole rings is 1. The van der Waals surface area contributed by atoms with Gasteiger partial charge in [-0.1, -0.05) is 0 Å². The molecule has 1 N–H and O–H groups in total. The van der Waals surface area contributed by atoms with Crippen LogP contribution in [0.4, 0.5) is 0 Å². The van der Waals surface area contributed by atoms with Crippen LogP contribution >= 0.6 is 11.3 Å². The molecule has 0 bridgehead atoms. The fourth-order valence-corrected chi connectivity index (χ4v) is 2.34. The third kappa shape index (κ3) is 1.64. The average Bonchev–Trinajstić information content (AvgIpc) is 2.79. The van der Waals surface area contributed by atoms with Crippen LogP contribution in [-0.4, -0.2) is 11.5 Å². The number of aryl methyl sites for hydroxylation is 1. The number of rotatable bonds is 1. The van der Waals surface area contributed by atoms with E-state index < -0.39 is 0 Å². The second kappa shape index (κ2) is 3.81. The van der Waals surface area contributed by atoms with Crippen molar-refractivity contribution in [3.8, 4) is 6.07 Å². The topological polar surface area (TPSA) is 48.7 Å². The number of nitrogens with one attached hydrogen (secondary N) is 1. The zero-order valence-electron chi connectivity index (χ0n) is 8.00. The van der Waals surface area contributed by atoms with Gasteiger partial charge in [0.05, 0.1) is 0 Å². The molecule has 2 heterocycles. The molecule has 1 fully saturated rings. The van der Waals surface area contributed by atoms with E-state index in [0.29, 0.717) is 0 Å². The SMILES string of the molecule is Cc1csc(/C(C#N)=C2/CCCN2)n1. The van der Waals surface area contributed by atoms with E-state index in [1.165, 1.54) is 11.3 Å². The summed E-state index contributed by atoms with van der Waals surface area (Å²) in [7, 11) is 0. The monoisotopic (exact) mass is 205 g/mol. The molecular weight excluding hydrogens is 194 g/mol. The summed E-state index contributed by atoms with van der Waals surface area (Å²) in [5.74, 6) is 0. The van der Waals surface area contributed by atoms with Gasteiger partial charge in [0, 0.05) is 23.3 Å². The van der Waals surface area contributed by atoms with E-state index in [2.05, 4.69) is 16.4 Å². The maximum Gasteiger partial charge on any atom is 0.135 e. The van der Waals surface area contributed by atoms with Gasteiger partial charge in [-0.2, -0.15) is 5.26 Å². The van der Waals surface area contributed by atoms with Gasteiger partial charge in [-0.05, 0) is 19.8 Å². The molecule has 0 saturated carbocycles. The number of nitriles is 1. The van der Waals surface area contributed by atoms with Crippen molar-refractivity contribution in [1.29, 1.82) is 5.26 Å². The summed E-state index contributed by atoms with van der Waals surface area (Å²) in [4.78, 5) is 4.32. The van der Waals surface area contributed by atoms with Crippen LogP contribution in [0.3, 0.4) is 0 Å². The van der Waals surface area contributed by atoms with Gasteiger partial charge < -0.3 is 5.32 Å². The minimum Gasteiger partial charge on any atom is -0.387 e.